The van der Waals surface area contributed by atoms with Crippen LogP contribution in [0.25, 0.3) is 0 Å². The molecule has 1 aliphatic heterocycles. The molecule has 0 radical (unpaired) electrons. The molecular weight excluding hydrogens is 455 g/mol. The van der Waals surface area contributed by atoms with Gasteiger partial charge in [0.1, 0.15) is 11.6 Å². The van der Waals surface area contributed by atoms with Crippen LogP contribution in [-0.4, -0.2) is 28.9 Å². The number of alkyl halides is 3. The zero-order valence-electron chi connectivity index (χ0n) is 17.6. The number of amides is 2. The van der Waals surface area contributed by atoms with Crippen molar-refractivity contribution in [3.05, 3.63) is 70.0 Å². The number of rotatable bonds is 5. The molecule has 4 rings (SSSR count). The Morgan fingerprint density at radius 1 is 1.12 bits per heavy atom. The van der Waals surface area contributed by atoms with Crippen molar-refractivity contribution in [1.82, 2.24) is 9.97 Å². The molecule has 0 saturated heterocycles. The van der Waals surface area contributed by atoms with Crippen LogP contribution in [0.5, 0.6) is 5.75 Å². The van der Waals surface area contributed by atoms with Crippen LogP contribution in [0.4, 0.5) is 36.3 Å². The van der Waals surface area contributed by atoms with Gasteiger partial charge in [0.2, 0.25) is 17.8 Å². The number of methoxy groups -OCH3 is 1. The number of carbonyl (C=O) groups is 2. The molecule has 0 fully saturated rings. The van der Waals surface area contributed by atoms with E-state index in [1.807, 2.05) is 0 Å². The van der Waals surface area contributed by atoms with E-state index in [4.69, 9.17) is 4.74 Å². The second kappa shape index (κ2) is 8.89. The van der Waals surface area contributed by atoms with Crippen LogP contribution in [0.15, 0.2) is 53.3 Å². The van der Waals surface area contributed by atoms with E-state index in [1.165, 1.54) is 19.2 Å². The molecule has 1 atom stereocenters. The van der Waals surface area contributed by atoms with Crippen molar-refractivity contribution >= 4 is 35.0 Å². The van der Waals surface area contributed by atoms with Gasteiger partial charge in [0.05, 0.1) is 24.2 Å². The van der Waals surface area contributed by atoms with Gasteiger partial charge in [-0.15, -0.1) is 0 Å². The first-order valence-electron chi connectivity index (χ1n) is 9.97. The summed E-state index contributed by atoms with van der Waals surface area (Å²) in [5, 5.41) is 7.68. The lowest BCUT2D eigenvalue weighted by atomic mass is 9.92. The van der Waals surface area contributed by atoms with Crippen LogP contribution in [0.2, 0.25) is 0 Å². The number of H-pyrrole nitrogens is 1. The molecule has 0 aliphatic carbocycles. The van der Waals surface area contributed by atoms with Crippen LogP contribution in [0, 0.1) is 0 Å². The molecule has 2 aromatic carbocycles. The number of ether oxygens (including phenoxy) is 1. The second-order valence-electron chi connectivity index (χ2n) is 7.40. The maximum Gasteiger partial charge on any atom is 0.416 e. The molecule has 4 N–H and O–H groups in total. The fraction of sp³-hybridized carbons (Fsp3) is 0.182. The van der Waals surface area contributed by atoms with Crippen LogP contribution in [-0.2, 0) is 15.8 Å². The van der Waals surface area contributed by atoms with Crippen molar-refractivity contribution in [2.45, 2.75) is 18.5 Å². The van der Waals surface area contributed by atoms with Crippen molar-refractivity contribution in [3.8, 4) is 5.75 Å². The number of benzene rings is 2. The van der Waals surface area contributed by atoms with Gasteiger partial charge in [0.15, 0.2) is 0 Å². The van der Waals surface area contributed by atoms with Crippen molar-refractivity contribution in [2.75, 3.05) is 23.1 Å². The summed E-state index contributed by atoms with van der Waals surface area (Å²) < 4.78 is 43.9. The summed E-state index contributed by atoms with van der Waals surface area (Å²) in [7, 11) is 1.50. The van der Waals surface area contributed by atoms with Crippen LogP contribution in [0.1, 0.15) is 23.5 Å². The van der Waals surface area contributed by atoms with E-state index in [0.717, 1.165) is 12.1 Å². The number of nitrogens with zero attached hydrogens (tertiary/aromatic N) is 1. The van der Waals surface area contributed by atoms with Crippen LogP contribution in [0.3, 0.4) is 0 Å². The smallest absolute Gasteiger partial charge is 0.416 e. The number of halogens is 3. The standard InChI is InChI=1S/C22H18F3N5O4/c1-34-14-7-5-12(6-8-14)26-19(32)15-10-16(31)28-18-17(15)20(33)30-21(29-18)27-13-4-2-3-11(9-13)22(23,24)25/h2-9,15H,10H2,1H3,(H,26,32)(H3,27,28,29,30,31,33). The average molecular weight is 473 g/mol. The molecule has 0 spiro atoms. The lowest BCUT2D eigenvalue weighted by molar-refractivity contribution is -0.137. The Hall–Kier alpha value is -4.35. The molecule has 1 aromatic heterocycles. The number of aromatic amines is 1. The molecule has 176 valence electrons. The zero-order chi connectivity index (χ0) is 24.5. The molecule has 34 heavy (non-hydrogen) atoms. The Balaban J connectivity index is 1.60. The summed E-state index contributed by atoms with van der Waals surface area (Å²) in [6.07, 6.45) is -4.83. The monoisotopic (exact) mass is 473 g/mol. The third-order valence-corrected chi connectivity index (χ3v) is 5.08. The summed E-state index contributed by atoms with van der Waals surface area (Å²) in [6.45, 7) is 0. The molecule has 3 aromatic rings. The normalized spacial score (nSPS) is 15.2. The zero-order valence-corrected chi connectivity index (χ0v) is 17.6. The molecular formula is C22H18F3N5O4. The number of aromatic nitrogens is 2. The third kappa shape index (κ3) is 4.85. The van der Waals surface area contributed by atoms with Gasteiger partial charge in [0.25, 0.3) is 5.56 Å². The molecule has 1 aliphatic rings. The fourth-order valence-corrected chi connectivity index (χ4v) is 3.47. The Morgan fingerprint density at radius 2 is 1.85 bits per heavy atom. The molecule has 9 nitrogen and oxygen atoms in total. The van der Waals surface area contributed by atoms with E-state index in [9.17, 15) is 27.6 Å². The summed E-state index contributed by atoms with van der Waals surface area (Å²) in [6, 6.07) is 10.8. The molecule has 1 unspecified atom stereocenters. The highest BCUT2D eigenvalue weighted by atomic mass is 19.4. The third-order valence-electron chi connectivity index (χ3n) is 5.08. The van der Waals surface area contributed by atoms with E-state index < -0.39 is 35.0 Å². The molecule has 0 saturated carbocycles. The average Bonchev–Trinajstić information content (AvgIpc) is 2.78. The minimum atomic E-state index is -4.55. The summed E-state index contributed by atoms with van der Waals surface area (Å²) in [5.74, 6) is -2.01. The van der Waals surface area contributed by atoms with Gasteiger partial charge >= 0.3 is 6.18 Å². The summed E-state index contributed by atoms with van der Waals surface area (Å²) >= 11 is 0. The van der Waals surface area contributed by atoms with Crippen LogP contribution >= 0.6 is 0 Å². The quantitative estimate of drug-likeness (QED) is 0.449. The Bertz CT molecular complexity index is 1310. The minimum absolute atomic E-state index is 0.0221. The SMILES string of the molecule is COc1ccc(NC(=O)C2CC(=O)Nc3nc(Nc4cccc(C(F)(F)F)c4)[nH]c(=O)c32)cc1. The van der Waals surface area contributed by atoms with Gasteiger partial charge in [-0.1, -0.05) is 6.07 Å². The van der Waals surface area contributed by atoms with Crippen molar-refractivity contribution in [1.29, 1.82) is 0 Å². The molecule has 12 heteroatoms. The van der Waals surface area contributed by atoms with E-state index in [-0.39, 0.29) is 29.4 Å². The van der Waals surface area contributed by atoms with Gasteiger partial charge in [0, 0.05) is 17.8 Å². The Morgan fingerprint density at radius 3 is 2.53 bits per heavy atom. The Kier molecular flexibility index (Phi) is 5.97. The second-order valence-corrected chi connectivity index (χ2v) is 7.40. The van der Waals surface area contributed by atoms with E-state index in [1.54, 1.807) is 24.3 Å². The van der Waals surface area contributed by atoms with Gasteiger partial charge in [-0.3, -0.25) is 19.4 Å². The molecule has 2 amide bonds. The number of anilines is 4. The Labute approximate surface area is 190 Å². The van der Waals surface area contributed by atoms with Crippen LogP contribution < -0.4 is 26.2 Å². The van der Waals surface area contributed by atoms with Gasteiger partial charge in [-0.05, 0) is 42.5 Å². The lowest BCUT2D eigenvalue weighted by Gasteiger charge is -2.23. The topological polar surface area (TPSA) is 125 Å². The number of fused-ring (bicyclic) bond motifs is 1. The predicted molar refractivity (Wildman–Crippen MR) is 117 cm³/mol. The summed E-state index contributed by atoms with van der Waals surface area (Å²) in [5.41, 5.74) is -1.20. The van der Waals surface area contributed by atoms with Crippen molar-refractivity contribution < 1.29 is 27.5 Å². The minimum Gasteiger partial charge on any atom is -0.497 e. The first-order valence-corrected chi connectivity index (χ1v) is 9.97. The fourth-order valence-electron chi connectivity index (χ4n) is 3.47. The first-order chi connectivity index (χ1) is 16.1. The predicted octanol–water partition coefficient (Wildman–Crippen LogP) is 3.61. The largest absolute Gasteiger partial charge is 0.497 e. The lowest BCUT2D eigenvalue weighted by Crippen LogP contribution is -2.36. The van der Waals surface area contributed by atoms with E-state index >= 15 is 0 Å². The van der Waals surface area contributed by atoms with E-state index in [2.05, 4.69) is 25.9 Å². The van der Waals surface area contributed by atoms with E-state index in [0.29, 0.717) is 11.4 Å². The number of hydrogen-bond acceptors (Lipinski definition) is 6. The molecule has 2 heterocycles. The number of carbonyl (C=O) groups excluding carboxylic acids is 2. The van der Waals surface area contributed by atoms with Crippen molar-refractivity contribution in [2.24, 2.45) is 0 Å². The number of hydrogen-bond donors (Lipinski definition) is 4. The molecule has 0 bridgehead atoms. The first kappa shape index (κ1) is 22.8. The maximum absolute atomic E-state index is 13.0. The number of nitrogens with one attached hydrogen (secondary N) is 4. The maximum atomic E-state index is 13.0. The van der Waals surface area contributed by atoms with Gasteiger partial charge in [-0.25, -0.2) is 0 Å². The highest BCUT2D eigenvalue weighted by Gasteiger charge is 2.35. The van der Waals surface area contributed by atoms with Crippen molar-refractivity contribution in [3.63, 3.8) is 0 Å². The highest BCUT2D eigenvalue weighted by molar-refractivity contribution is 6.04. The highest BCUT2D eigenvalue weighted by Crippen LogP contribution is 2.32. The van der Waals surface area contributed by atoms with Gasteiger partial charge in [-0.2, -0.15) is 18.2 Å². The van der Waals surface area contributed by atoms with Gasteiger partial charge < -0.3 is 20.7 Å². The summed E-state index contributed by atoms with van der Waals surface area (Å²) in [4.78, 5) is 44.4.